The Morgan fingerprint density at radius 3 is 2.44 bits per heavy atom. The van der Waals surface area contributed by atoms with Gasteiger partial charge in [-0.25, -0.2) is 22.9 Å². The molecule has 0 bridgehead atoms. The molecule has 0 saturated carbocycles. The third kappa shape index (κ3) is 10.0. The van der Waals surface area contributed by atoms with Crippen molar-refractivity contribution < 1.29 is 22.7 Å². The highest BCUT2D eigenvalue weighted by Crippen LogP contribution is 2.21. The lowest BCUT2D eigenvalue weighted by molar-refractivity contribution is 0.143. The van der Waals surface area contributed by atoms with Gasteiger partial charge in [-0.05, 0) is 60.6 Å². The van der Waals surface area contributed by atoms with Crippen molar-refractivity contribution in [2.24, 2.45) is 5.92 Å². The molecule has 4 aromatic rings. The summed E-state index contributed by atoms with van der Waals surface area (Å²) in [6.07, 6.45) is 5.66. The number of carbonyl (C=O) groups is 1. The Morgan fingerprint density at radius 1 is 1.02 bits per heavy atom. The summed E-state index contributed by atoms with van der Waals surface area (Å²) < 4.78 is 40.9. The molecular formula is C31H40ClN7O5S. The van der Waals surface area contributed by atoms with Gasteiger partial charge in [0.15, 0.2) is 11.5 Å². The summed E-state index contributed by atoms with van der Waals surface area (Å²) in [4.78, 5) is 25.5. The van der Waals surface area contributed by atoms with E-state index in [1.807, 2.05) is 4.57 Å². The maximum Gasteiger partial charge on any atom is 0.407 e. The number of nitrogens with one attached hydrogen (secondary N) is 2. The van der Waals surface area contributed by atoms with Crippen LogP contribution in [0.5, 0.6) is 6.01 Å². The number of rotatable bonds is 17. The minimum Gasteiger partial charge on any atom is -0.463 e. The molecule has 1 atom stereocenters. The molecule has 0 spiro atoms. The number of fused-ring (bicyclic) bond motifs is 1. The van der Waals surface area contributed by atoms with E-state index >= 15 is 0 Å². The standard InChI is InChI=1S/C31H40ClN7O5S/c1-3-7-22(4-2)20-44-30-37-28(33)27-29(38-30)39(21-35-27)16-5-6-17-43-31(40)34-18-23-10-14-26(15-11-23)45(41,42)36-19-24-8-12-25(32)13-9-24/h8-15,21-22,36H,3-7,16-20H2,1-2H3,(H,34,40)(H2,33,37,38). The monoisotopic (exact) mass is 657 g/mol. The van der Waals surface area contributed by atoms with Gasteiger partial charge in [-0.15, -0.1) is 0 Å². The number of nitrogen functional groups attached to an aromatic ring is 1. The predicted molar refractivity (Wildman–Crippen MR) is 173 cm³/mol. The molecule has 4 N–H and O–H groups in total. The van der Waals surface area contributed by atoms with Crippen LogP contribution in [-0.4, -0.2) is 47.2 Å². The van der Waals surface area contributed by atoms with Gasteiger partial charge in [0.25, 0.3) is 0 Å². The first-order chi connectivity index (χ1) is 21.7. The minimum atomic E-state index is -3.70. The molecule has 14 heteroatoms. The lowest BCUT2D eigenvalue weighted by atomic mass is 10.0. The second-order valence-electron chi connectivity index (χ2n) is 10.7. The number of nitrogens with two attached hydrogens (primary N) is 1. The normalized spacial score (nSPS) is 12.2. The smallest absolute Gasteiger partial charge is 0.407 e. The summed E-state index contributed by atoms with van der Waals surface area (Å²) in [5.74, 6) is 0.718. The summed E-state index contributed by atoms with van der Waals surface area (Å²) in [6, 6.07) is 13.5. The number of amides is 1. The summed E-state index contributed by atoms with van der Waals surface area (Å²) in [5.41, 5.74) is 8.76. The van der Waals surface area contributed by atoms with Crippen LogP contribution in [0.3, 0.4) is 0 Å². The number of aryl methyl sites for hydroxylation is 1. The Morgan fingerprint density at radius 2 is 1.73 bits per heavy atom. The lowest BCUT2D eigenvalue weighted by Crippen LogP contribution is -2.25. The SMILES string of the molecule is CCCC(CC)COc1nc(N)c2ncn(CCCCOC(=O)NCc3ccc(S(=O)(=O)NCc4ccc(Cl)cc4)cc3)c2n1. The average molecular weight is 658 g/mol. The van der Waals surface area contributed by atoms with E-state index in [2.05, 4.69) is 38.8 Å². The highest BCUT2D eigenvalue weighted by atomic mass is 35.5. The van der Waals surface area contributed by atoms with Gasteiger partial charge in [0.05, 0.1) is 24.4 Å². The first kappa shape index (κ1) is 33.9. The molecule has 0 aliphatic heterocycles. The van der Waals surface area contributed by atoms with E-state index in [1.165, 1.54) is 12.1 Å². The van der Waals surface area contributed by atoms with Crippen LogP contribution in [0.25, 0.3) is 11.2 Å². The number of sulfonamides is 1. The number of aromatic nitrogens is 4. The zero-order chi connectivity index (χ0) is 32.2. The van der Waals surface area contributed by atoms with Crippen molar-refractivity contribution in [3.63, 3.8) is 0 Å². The molecular weight excluding hydrogens is 618 g/mol. The second-order valence-corrected chi connectivity index (χ2v) is 12.9. The van der Waals surface area contributed by atoms with Crippen LogP contribution in [0.4, 0.5) is 10.6 Å². The van der Waals surface area contributed by atoms with Gasteiger partial charge in [0, 0.05) is 24.7 Å². The first-order valence-electron chi connectivity index (χ1n) is 15.0. The van der Waals surface area contributed by atoms with E-state index in [-0.39, 0.29) is 36.4 Å². The van der Waals surface area contributed by atoms with Crippen LogP contribution < -0.4 is 20.5 Å². The van der Waals surface area contributed by atoms with Gasteiger partial charge in [-0.1, -0.05) is 62.6 Å². The largest absolute Gasteiger partial charge is 0.463 e. The fourth-order valence-corrected chi connectivity index (χ4v) is 5.75. The van der Waals surface area contributed by atoms with Gasteiger partial charge in [0.1, 0.15) is 5.52 Å². The number of hydrogen-bond donors (Lipinski definition) is 3. The van der Waals surface area contributed by atoms with Crippen molar-refractivity contribution in [1.82, 2.24) is 29.6 Å². The molecule has 0 fully saturated rings. The Kier molecular flexibility index (Phi) is 12.4. The van der Waals surface area contributed by atoms with Gasteiger partial charge in [-0.3, -0.25) is 0 Å². The van der Waals surface area contributed by atoms with Crippen molar-refractivity contribution in [3.05, 3.63) is 71.0 Å². The number of hydrogen-bond acceptors (Lipinski definition) is 9. The lowest BCUT2D eigenvalue weighted by Gasteiger charge is -2.14. The molecule has 12 nitrogen and oxygen atoms in total. The van der Waals surface area contributed by atoms with Crippen LogP contribution in [0.2, 0.25) is 5.02 Å². The fraction of sp³-hybridized carbons (Fsp3) is 0.419. The number of anilines is 1. The number of ether oxygens (including phenoxy) is 2. The van der Waals surface area contributed by atoms with Crippen LogP contribution in [-0.2, 0) is 34.4 Å². The molecule has 2 aromatic heterocycles. The number of benzene rings is 2. The van der Waals surface area contributed by atoms with Crippen molar-refractivity contribution in [3.8, 4) is 6.01 Å². The molecule has 1 unspecified atom stereocenters. The molecule has 4 rings (SSSR count). The predicted octanol–water partition coefficient (Wildman–Crippen LogP) is 5.45. The molecule has 2 heterocycles. The summed E-state index contributed by atoms with van der Waals surface area (Å²) in [6.45, 7) is 6.02. The van der Waals surface area contributed by atoms with Gasteiger partial charge in [-0.2, -0.15) is 9.97 Å². The summed E-state index contributed by atoms with van der Waals surface area (Å²) >= 11 is 5.87. The summed E-state index contributed by atoms with van der Waals surface area (Å²) in [5, 5.41) is 3.27. The van der Waals surface area contributed by atoms with Crippen molar-refractivity contribution in [2.45, 2.75) is 70.5 Å². The van der Waals surface area contributed by atoms with Crippen LogP contribution >= 0.6 is 11.6 Å². The zero-order valence-corrected chi connectivity index (χ0v) is 27.1. The second kappa shape index (κ2) is 16.4. The van der Waals surface area contributed by atoms with Gasteiger partial charge >= 0.3 is 12.1 Å². The number of unbranched alkanes of at least 4 members (excludes halogenated alkanes) is 1. The van der Waals surface area contributed by atoms with E-state index in [9.17, 15) is 13.2 Å². The van der Waals surface area contributed by atoms with Crippen molar-refractivity contribution in [2.75, 3.05) is 18.9 Å². The first-order valence-corrected chi connectivity index (χ1v) is 16.9. The average Bonchev–Trinajstić information content (AvgIpc) is 3.45. The van der Waals surface area contributed by atoms with Crippen LogP contribution in [0.15, 0.2) is 59.8 Å². The Labute approximate surface area is 268 Å². The number of carbonyl (C=O) groups excluding carboxylic acids is 1. The molecule has 2 aromatic carbocycles. The van der Waals surface area contributed by atoms with E-state index in [4.69, 9.17) is 26.8 Å². The molecule has 0 aliphatic rings. The molecule has 242 valence electrons. The van der Waals surface area contributed by atoms with Gasteiger partial charge in [0.2, 0.25) is 10.0 Å². The number of alkyl carbamates (subject to hydrolysis) is 1. The topological polar surface area (TPSA) is 163 Å². The number of halogens is 1. The minimum absolute atomic E-state index is 0.128. The van der Waals surface area contributed by atoms with Crippen LogP contribution in [0, 0.1) is 5.92 Å². The number of imidazole rings is 1. The Bertz CT molecular complexity index is 1650. The highest BCUT2D eigenvalue weighted by Gasteiger charge is 2.15. The van der Waals surface area contributed by atoms with Crippen molar-refractivity contribution in [1.29, 1.82) is 0 Å². The highest BCUT2D eigenvalue weighted by molar-refractivity contribution is 7.89. The quantitative estimate of drug-likeness (QED) is 0.125. The molecule has 1 amide bonds. The zero-order valence-electron chi connectivity index (χ0n) is 25.5. The Hall–Kier alpha value is -3.94. The molecule has 0 radical (unpaired) electrons. The van der Waals surface area contributed by atoms with E-state index < -0.39 is 16.1 Å². The molecule has 45 heavy (non-hydrogen) atoms. The Balaban J connectivity index is 1.17. The van der Waals surface area contributed by atoms with Crippen molar-refractivity contribution >= 4 is 44.7 Å². The molecule has 0 aliphatic carbocycles. The maximum absolute atomic E-state index is 12.6. The fourth-order valence-electron chi connectivity index (χ4n) is 4.60. The molecule has 0 saturated heterocycles. The van der Waals surface area contributed by atoms with E-state index in [0.29, 0.717) is 41.7 Å². The third-order valence-electron chi connectivity index (χ3n) is 7.27. The summed E-state index contributed by atoms with van der Waals surface area (Å²) in [7, 11) is -3.70. The van der Waals surface area contributed by atoms with Crippen LogP contribution in [0.1, 0.15) is 57.1 Å². The van der Waals surface area contributed by atoms with E-state index in [1.54, 1.807) is 42.7 Å². The third-order valence-corrected chi connectivity index (χ3v) is 8.94. The van der Waals surface area contributed by atoms with Gasteiger partial charge < -0.3 is 25.1 Å². The number of nitrogens with zero attached hydrogens (tertiary/aromatic N) is 4. The maximum atomic E-state index is 12.6. The van der Waals surface area contributed by atoms with E-state index in [0.717, 1.165) is 36.8 Å².